The first-order valence-electron chi connectivity index (χ1n) is 7.09. The van der Waals surface area contributed by atoms with Crippen LogP contribution in [0.3, 0.4) is 0 Å². The maximum atomic E-state index is 6.49. The molecule has 1 fully saturated rings. The fourth-order valence-electron chi connectivity index (χ4n) is 3.36. The molecule has 3 atom stereocenters. The Bertz CT molecular complexity index is 354. The third kappa shape index (κ3) is 3.56. The molecule has 0 aromatic rings. The first-order chi connectivity index (χ1) is 8.27. The highest BCUT2D eigenvalue weighted by Crippen LogP contribution is 2.38. The average Bonchev–Trinajstić information content (AvgIpc) is 2.57. The zero-order valence-corrected chi connectivity index (χ0v) is 13.4. The van der Waals surface area contributed by atoms with Gasteiger partial charge in [0.15, 0.2) is 0 Å². The van der Waals surface area contributed by atoms with E-state index in [1.807, 2.05) is 0 Å². The molecule has 18 heavy (non-hydrogen) atoms. The molecule has 2 unspecified atom stereocenters. The minimum Gasteiger partial charge on any atom is -0.400 e. The Labute approximate surface area is 113 Å². The fraction of sp³-hybridized carbons (Fsp3) is 0.733. The normalized spacial score (nSPS) is 31.7. The van der Waals surface area contributed by atoms with Gasteiger partial charge in [0.1, 0.15) is 0 Å². The van der Waals surface area contributed by atoms with Crippen molar-refractivity contribution in [2.75, 3.05) is 0 Å². The lowest BCUT2D eigenvalue weighted by molar-refractivity contribution is 0.153. The molecule has 1 saturated carbocycles. The predicted octanol–water partition coefficient (Wildman–Crippen LogP) is 3.61. The van der Waals surface area contributed by atoms with Gasteiger partial charge in [0.2, 0.25) is 0 Å². The lowest BCUT2D eigenvalue weighted by Crippen LogP contribution is -2.58. The molecule has 0 radical (unpaired) electrons. The highest BCUT2D eigenvalue weighted by Gasteiger charge is 2.39. The lowest BCUT2D eigenvalue weighted by atomic mass is 9.91. The predicted molar refractivity (Wildman–Crippen MR) is 79.7 cm³/mol. The van der Waals surface area contributed by atoms with Crippen LogP contribution < -0.4 is 4.98 Å². The van der Waals surface area contributed by atoms with E-state index in [0.29, 0.717) is 17.9 Å². The van der Waals surface area contributed by atoms with E-state index in [2.05, 4.69) is 63.2 Å². The maximum absolute atomic E-state index is 6.49. The van der Waals surface area contributed by atoms with Crippen LogP contribution in [0.1, 0.15) is 33.6 Å². The van der Waals surface area contributed by atoms with Gasteiger partial charge < -0.3 is 9.41 Å². The van der Waals surface area contributed by atoms with Crippen LogP contribution in [0.25, 0.3) is 0 Å². The van der Waals surface area contributed by atoms with Crippen molar-refractivity contribution < 1.29 is 4.43 Å². The van der Waals surface area contributed by atoms with Crippen LogP contribution in [-0.2, 0) is 4.43 Å². The Morgan fingerprint density at radius 1 is 1.11 bits per heavy atom. The van der Waals surface area contributed by atoms with Crippen molar-refractivity contribution in [3.8, 4) is 0 Å². The third-order valence-corrected chi connectivity index (χ3v) is 5.88. The smallest absolute Gasteiger partial charge is 0.263 e. The molecule has 0 heterocycles. The molecule has 102 valence electrons. The second-order valence-corrected chi connectivity index (χ2v) is 10.6. The van der Waals surface area contributed by atoms with Gasteiger partial charge in [0.05, 0.1) is 6.10 Å². The molecule has 2 rings (SSSR count). The SMILES string of the molecule is CC(C)(C)N[Si](C)(C)O[C@@H]1CCC2C=CC=CC21. The van der Waals surface area contributed by atoms with Gasteiger partial charge in [-0.05, 0) is 52.6 Å². The Kier molecular flexibility index (Phi) is 3.86. The van der Waals surface area contributed by atoms with Gasteiger partial charge in [-0.3, -0.25) is 0 Å². The molecular weight excluding hydrogens is 238 g/mol. The van der Waals surface area contributed by atoms with Crippen LogP contribution in [-0.4, -0.2) is 20.1 Å². The quantitative estimate of drug-likeness (QED) is 0.787. The molecule has 0 aromatic carbocycles. The molecule has 2 aliphatic carbocycles. The minimum absolute atomic E-state index is 0.135. The molecule has 3 heteroatoms. The van der Waals surface area contributed by atoms with Crippen molar-refractivity contribution in [2.24, 2.45) is 11.8 Å². The van der Waals surface area contributed by atoms with Crippen molar-refractivity contribution >= 4 is 8.48 Å². The van der Waals surface area contributed by atoms with Crippen LogP contribution in [0.15, 0.2) is 24.3 Å². The topological polar surface area (TPSA) is 21.3 Å². The van der Waals surface area contributed by atoms with Crippen LogP contribution >= 0.6 is 0 Å². The molecule has 0 saturated heterocycles. The minimum atomic E-state index is -1.79. The maximum Gasteiger partial charge on any atom is 0.263 e. The number of hydrogen-bond donors (Lipinski definition) is 1. The molecular formula is C15H27NOSi. The van der Waals surface area contributed by atoms with E-state index < -0.39 is 8.48 Å². The molecule has 2 nitrogen and oxygen atoms in total. The summed E-state index contributed by atoms with van der Waals surface area (Å²) >= 11 is 0. The van der Waals surface area contributed by atoms with Crippen LogP contribution in [0.4, 0.5) is 0 Å². The second-order valence-electron chi connectivity index (χ2n) is 7.13. The number of hydrogen-bond acceptors (Lipinski definition) is 2. The Balaban J connectivity index is 1.97. The van der Waals surface area contributed by atoms with Gasteiger partial charge in [-0.2, -0.15) is 0 Å². The number of fused-ring (bicyclic) bond motifs is 1. The first kappa shape index (κ1) is 14.0. The number of allylic oxidation sites excluding steroid dienone is 3. The van der Waals surface area contributed by atoms with Crippen molar-refractivity contribution in [2.45, 2.75) is 58.3 Å². The average molecular weight is 265 g/mol. The van der Waals surface area contributed by atoms with E-state index in [9.17, 15) is 0 Å². The van der Waals surface area contributed by atoms with Crippen molar-refractivity contribution in [3.63, 3.8) is 0 Å². The zero-order chi connectivity index (χ0) is 13.4. The lowest BCUT2D eigenvalue weighted by Gasteiger charge is -2.36. The van der Waals surface area contributed by atoms with E-state index in [4.69, 9.17) is 4.43 Å². The van der Waals surface area contributed by atoms with E-state index in [0.717, 1.165) is 0 Å². The monoisotopic (exact) mass is 265 g/mol. The Morgan fingerprint density at radius 3 is 2.44 bits per heavy atom. The summed E-state index contributed by atoms with van der Waals surface area (Å²) in [6.45, 7) is 11.2. The third-order valence-electron chi connectivity index (χ3n) is 3.63. The summed E-state index contributed by atoms with van der Waals surface area (Å²) in [5.74, 6) is 1.31. The highest BCUT2D eigenvalue weighted by molar-refractivity contribution is 6.68. The summed E-state index contributed by atoms with van der Waals surface area (Å²) in [4.78, 5) is 3.69. The standard InChI is InChI=1S/C15H27NOSi/c1-15(2,3)16-18(4,5)17-14-11-10-12-8-6-7-9-13(12)14/h6-9,12-14,16H,10-11H2,1-5H3/t12?,13?,14-/m1/s1. The van der Waals surface area contributed by atoms with Gasteiger partial charge in [-0.15, -0.1) is 0 Å². The summed E-state index contributed by atoms with van der Waals surface area (Å²) < 4.78 is 6.49. The number of nitrogens with one attached hydrogen (secondary N) is 1. The molecule has 0 aromatic heterocycles. The van der Waals surface area contributed by atoms with Gasteiger partial charge >= 0.3 is 0 Å². The molecule has 0 bridgehead atoms. The highest BCUT2D eigenvalue weighted by atomic mass is 28.4. The Hall–Kier alpha value is -0.383. The zero-order valence-electron chi connectivity index (χ0n) is 12.4. The summed E-state index contributed by atoms with van der Waals surface area (Å²) in [7, 11) is -1.79. The molecule has 0 amide bonds. The molecule has 1 N–H and O–H groups in total. The summed E-state index contributed by atoms with van der Waals surface area (Å²) in [5, 5.41) is 0. The van der Waals surface area contributed by atoms with E-state index in [1.165, 1.54) is 12.8 Å². The van der Waals surface area contributed by atoms with Crippen LogP contribution in [0, 0.1) is 11.8 Å². The largest absolute Gasteiger partial charge is 0.400 e. The van der Waals surface area contributed by atoms with Crippen molar-refractivity contribution in [1.82, 2.24) is 4.98 Å². The van der Waals surface area contributed by atoms with Crippen molar-refractivity contribution in [1.29, 1.82) is 0 Å². The number of rotatable bonds is 3. The van der Waals surface area contributed by atoms with Crippen LogP contribution in [0.2, 0.25) is 13.1 Å². The van der Waals surface area contributed by atoms with Crippen molar-refractivity contribution in [3.05, 3.63) is 24.3 Å². The summed E-state index contributed by atoms with van der Waals surface area (Å²) in [5.41, 5.74) is 0.135. The van der Waals surface area contributed by atoms with E-state index in [-0.39, 0.29) is 5.54 Å². The van der Waals surface area contributed by atoms with Gasteiger partial charge in [0, 0.05) is 11.5 Å². The molecule has 0 aliphatic heterocycles. The first-order valence-corrected chi connectivity index (χ1v) is 10.00. The second kappa shape index (κ2) is 4.95. The Morgan fingerprint density at radius 2 is 1.78 bits per heavy atom. The van der Waals surface area contributed by atoms with Gasteiger partial charge in [-0.1, -0.05) is 24.3 Å². The van der Waals surface area contributed by atoms with E-state index >= 15 is 0 Å². The summed E-state index contributed by atoms with van der Waals surface area (Å²) in [6, 6.07) is 0. The van der Waals surface area contributed by atoms with E-state index in [1.54, 1.807) is 0 Å². The van der Waals surface area contributed by atoms with Gasteiger partial charge in [-0.25, -0.2) is 0 Å². The fourth-order valence-corrected chi connectivity index (χ4v) is 6.25. The molecule has 0 spiro atoms. The van der Waals surface area contributed by atoms with Crippen LogP contribution in [0.5, 0.6) is 0 Å². The van der Waals surface area contributed by atoms with Gasteiger partial charge in [0.25, 0.3) is 8.48 Å². The molecule has 2 aliphatic rings. The summed E-state index contributed by atoms with van der Waals surface area (Å²) in [6.07, 6.45) is 11.9.